The van der Waals surface area contributed by atoms with E-state index in [1.165, 1.54) is 24.3 Å². The van der Waals surface area contributed by atoms with Gasteiger partial charge in [-0.3, -0.25) is 10.1 Å². The molecule has 0 radical (unpaired) electrons. The predicted molar refractivity (Wildman–Crippen MR) is 65.8 cm³/mol. The van der Waals surface area contributed by atoms with Crippen molar-refractivity contribution in [2.24, 2.45) is 5.73 Å². The molecule has 7 heteroatoms. The number of benzene rings is 1. The van der Waals surface area contributed by atoms with Crippen LogP contribution in [0.3, 0.4) is 0 Å². The first kappa shape index (κ1) is 14.6. The van der Waals surface area contributed by atoms with E-state index in [9.17, 15) is 18.0 Å². The van der Waals surface area contributed by atoms with Gasteiger partial charge in [-0.2, -0.15) is 0 Å². The SMILES string of the molecule is CC(NC1CC1)(C(N)=O)c1ccc(OC(F)(F)F)cc1. The fraction of sp³-hybridized carbons (Fsp3) is 0.462. The van der Waals surface area contributed by atoms with Crippen LogP contribution in [0.2, 0.25) is 0 Å². The lowest BCUT2D eigenvalue weighted by Gasteiger charge is -2.28. The molecule has 0 aromatic heterocycles. The molecule has 110 valence electrons. The van der Waals surface area contributed by atoms with E-state index in [-0.39, 0.29) is 11.8 Å². The summed E-state index contributed by atoms with van der Waals surface area (Å²) in [7, 11) is 0. The molecule has 1 aromatic rings. The van der Waals surface area contributed by atoms with Gasteiger partial charge in [0.1, 0.15) is 11.3 Å². The number of carbonyl (C=O) groups excluding carboxylic acids is 1. The second kappa shape index (κ2) is 4.97. The molecular weight excluding hydrogens is 273 g/mol. The average Bonchev–Trinajstić information content (AvgIpc) is 3.11. The maximum absolute atomic E-state index is 12.1. The molecule has 0 aliphatic heterocycles. The van der Waals surface area contributed by atoms with Crippen LogP contribution in [0, 0.1) is 0 Å². The highest BCUT2D eigenvalue weighted by molar-refractivity contribution is 5.85. The van der Waals surface area contributed by atoms with Gasteiger partial charge >= 0.3 is 6.36 Å². The second-order valence-electron chi connectivity index (χ2n) is 4.98. The third-order valence-electron chi connectivity index (χ3n) is 3.23. The van der Waals surface area contributed by atoms with Crippen molar-refractivity contribution in [1.29, 1.82) is 0 Å². The zero-order valence-electron chi connectivity index (χ0n) is 10.8. The Morgan fingerprint density at radius 2 is 1.85 bits per heavy atom. The molecule has 4 nitrogen and oxygen atoms in total. The minimum atomic E-state index is -4.74. The molecule has 0 spiro atoms. The van der Waals surface area contributed by atoms with Gasteiger partial charge in [0, 0.05) is 6.04 Å². The molecule has 1 aromatic carbocycles. The predicted octanol–water partition coefficient (Wildman–Crippen LogP) is 2.04. The maximum Gasteiger partial charge on any atom is 0.573 e. The van der Waals surface area contributed by atoms with Crippen molar-refractivity contribution >= 4 is 5.91 Å². The van der Waals surface area contributed by atoms with Crippen molar-refractivity contribution in [3.05, 3.63) is 29.8 Å². The number of halogens is 3. The molecule has 2 rings (SSSR count). The molecule has 0 heterocycles. The summed E-state index contributed by atoms with van der Waals surface area (Å²) in [5.41, 5.74) is 4.81. The van der Waals surface area contributed by atoms with E-state index >= 15 is 0 Å². The number of rotatable bonds is 5. The van der Waals surface area contributed by atoms with Gasteiger partial charge in [-0.05, 0) is 37.5 Å². The molecule has 1 unspecified atom stereocenters. The molecule has 0 saturated heterocycles. The summed E-state index contributed by atoms with van der Waals surface area (Å²) in [5, 5.41) is 3.11. The number of nitrogens with two attached hydrogens (primary N) is 1. The summed E-state index contributed by atoms with van der Waals surface area (Å²) in [6.07, 6.45) is -2.82. The number of alkyl halides is 3. The Kier molecular flexibility index (Phi) is 3.64. The van der Waals surface area contributed by atoms with Crippen LogP contribution >= 0.6 is 0 Å². The van der Waals surface area contributed by atoms with Crippen LogP contribution in [0.15, 0.2) is 24.3 Å². The van der Waals surface area contributed by atoms with Gasteiger partial charge in [-0.15, -0.1) is 13.2 Å². The third kappa shape index (κ3) is 3.41. The third-order valence-corrected chi connectivity index (χ3v) is 3.23. The first-order chi connectivity index (χ1) is 9.21. The summed E-state index contributed by atoms with van der Waals surface area (Å²) < 4.78 is 40.0. The highest BCUT2D eigenvalue weighted by Crippen LogP contribution is 2.30. The van der Waals surface area contributed by atoms with Crippen LogP contribution in [-0.4, -0.2) is 18.3 Å². The van der Waals surface area contributed by atoms with Crippen molar-refractivity contribution in [3.8, 4) is 5.75 Å². The van der Waals surface area contributed by atoms with Gasteiger partial charge in [0.15, 0.2) is 0 Å². The van der Waals surface area contributed by atoms with Gasteiger partial charge in [0.05, 0.1) is 0 Å². The number of carbonyl (C=O) groups is 1. The quantitative estimate of drug-likeness (QED) is 0.871. The first-order valence-corrected chi connectivity index (χ1v) is 6.14. The Morgan fingerprint density at radius 3 is 2.25 bits per heavy atom. The van der Waals surface area contributed by atoms with Gasteiger partial charge in [0.2, 0.25) is 5.91 Å². The van der Waals surface area contributed by atoms with E-state index in [0.29, 0.717) is 5.56 Å². The molecule has 1 aliphatic rings. The fourth-order valence-corrected chi connectivity index (χ4v) is 1.92. The van der Waals surface area contributed by atoms with Gasteiger partial charge in [-0.25, -0.2) is 0 Å². The summed E-state index contributed by atoms with van der Waals surface area (Å²) in [5.74, 6) is -0.909. The Labute approximate surface area is 114 Å². The van der Waals surface area contributed by atoms with E-state index in [2.05, 4.69) is 10.1 Å². The Morgan fingerprint density at radius 1 is 1.30 bits per heavy atom. The molecule has 3 N–H and O–H groups in total. The number of ether oxygens (including phenoxy) is 1. The van der Waals surface area contributed by atoms with Crippen LogP contribution in [-0.2, 0) is 10.3 Å². The van der Waals surface area contributed by atoms with Crippen molar-refractivity contribution in [2.75, 3.05) is 0 Å². The Bertz CT molecular complexity index is 497. The van der Waals surface area contributed by atoms with Gasteiger partial charge in [0.25, 0.3) is 0 Å². The van der Waals surface area contributed by atoms with Gasteiger partial charge in [-0.1, -0.05) is 12.1 Å². The molecule has 1 amide bonds. The van der Waals surface area contributed by atoms with Crippen LogP contribution < -0.4 is 15.8 Å². The van der Waals surface area contributed by atoms with E-state index in [1.54, 1.807) is 6.92 Å². The smallest absolute Gasteiger partial charge is 0.406 e. The Hall–Kier alpha value is -1.76. The zero-order valence-corrected chi connectivity index (χ0v) is 10.8. The number of hydrogen-bond acceptors (Lipinski definition) is 3. The summed E-state index contributed by atoms with van der Waals surface area (Å²) in [6, 6.07) is 5.36. The first-order valence-electron chi connectivity index (χ1n) is 6.14. The average molecular weight is 288 g/mol. The van der Waals surface area contributed by atoms with Crippen LogP contribution in [0.5, 0.6) is 5.75 Å². The lowest BCUT2D eigenvalue weighted by Crippen LogP contribution is -2.51. The minimum Gasteiger partial charge on any atom is -0.406 e. The Balaban J connectivity index is 2.19. The molecule has 1 aliphatic carbocycles. The summed E-state index contributed by atoms with van der Waals surface area (Å²) in [4.78, 5) is 11.6. The van der Waals surface area contributed by atoms with Crippen molar-refractivity contribution < 1.29 is 22.7 Å². The van der Waals surface area contributed by atoms with E-state index < -0.39 is 17.8 Å². The number of nitrogens with one attached hydrogen (secondary N) is 1. The molecule has 20 heavy (non-hydrogen) atoms. The molecule has 0 bridgehead atoms. The highest BCUT2D eigenvalue weighted by Gasteiger charge is 2.38. The highest BCUT2D eigenvalue weighted by atomic mass is 19.4. The number of primary amides is 1. The lowest BCUT2D eigenvalue weighted by atomic mass is 9.91. The van der Waals surface area contributed by atoms with Crippen LogP contribution in [0.25, 0.3) is 0 Å². The number of hydrogen-bond donors (Lipinski definition) is 2. The van der Waals surface area contributed by atoms with E-state index in [0.717, 1.165) is 12.8 Å². The molecular formula is C13H15F3N2O2. The van der Waals surface area contributed by atoms with Crippen molar-refractivity contribution in [1.82, 2.24) is 5.32 Å². The zero-order chi connectivity index (χ0) is 15.0. The van der Waals surface area contributed by atoms with Gasteiger partial charge < -0.3 is 10.5 Å². The van der Waals surface area contributed by atoms with Crippen molar-refractivity contribution in [2.45, 2.75) is 37.7 Å². The monoisotopic (exact) mass is 288 g/mol. The maximum atomic E-state index is 12.1. The summed E-state index contributed by atoms with van der Waals surface area (Å²) in [6.45, 7) is 1.62. The largest absolute Gasteiger partial charge is 0.573 e. The normalized spacial score (nSPS) is 18.4. The van der Waals surface area contributed by atoms with Crippen molar-refractivity contribution in [3.63, 3.8) is 0 Å². The standard InChI is InChI=1S/C13H15F3N2O2/c1-12(11(17)19,18-9-4-5-9)8-2-6-10(7-3-8)20-13(14,15)16/h2-3,6-7,9,18H,4-5H2,1H3,(H2,17,19). The van der Waals surface area contributed by atoms with Crippen LogP contribution in [0.4, 0.5) is 13.2 Å². The lowest BCUT2D eigenvalue weighted by molar-refractivity contribution is -0.274. The molecule has 1 saturated carbocycles. The molecule has 1 fully saturated rings. The van der Waals surface area contributed by atoms with E-state index in [1.807, 2.05) is 0 Å². The van der Waals surface area contributed by atoms with Crippen LogP contribution in [0.1, 0.15) is 25.3 Å². The fourth-order valence-electron chi connectivity index (χ4n) is 1.92. The number of amides is 1. The summed E-state index contributed by atoms with van der Waals surface area (Å²) >= 11 is 0. The topological polar surface area (TPSA) is 64.3 Å². The van der Waals surface area contributed by atoms with E-state index in [4.69, 9.17) is 5.73 Å². The molecule has 1 atom stereocenters. The minimum absolute atomic E-state index is 0.221. The second-order valence-corrected chi connectivity index (χ2v) is 4.98.